The maximum Gasteiger partial charge on any atom is 0.411 e. The molecule has 0 atom stereocenters. The Morgan fingerprint density at radius 1 is 0.741 bits per heavy atom. The number of imidazole rings is 1. The molecular weight excluding hydrogens is 751 g/mol. The molecule has 7 heterocycles. The molecule has 1 amide bonds. The first kappa shape index (κ1) is 37.0. The Morgan fingerprint density at radius 2 is 1.28 bits per heavy atom. The number of H-pyrrole nitrogens is 2. The molecule has 0 unspecified atom stereocenters. The fourth-order valence-electron chi connectivity index (χ4n) is 6.33. The third-order valence-corrected chi connectivity index (χ3v) is 9.08. The predicted molar refractivity (Wildman–Crippen MR) is 211 cm³/mol. The fraction of sp³-hybridized carbons (Fsp3) is 0.128. The number of pyridine rings is 2. The lowest BCUT2D eigenvalue weighted by Gasteiger charge is -2.10. The lowest BCUT2D eigenvalue weighted by molar-refractivity contribution is 0.187. The molecule has 0 saturated carbocycles. The molecule has 2 aromatic carbocycles. The Kier molecular flexibility index (Phi) is 9.75. The van der Waals surface area contributed by atoms with Crippen LogP contribution in [0.5, 0.6) is 0 Å². The maximum atomic E-state index is 14.1. The van der Waals surface area contributed by atoms with Crippen LogP contribution in [0.25, 0.3) is 56.3 Å². The number of aromatic nitrogens is 12. The molecule has 0 aliphatic carbocycles. The first-order valence-electron chi connectivity index (χ1n) is 17.6. The van der Waals surface area contributed by atoms with Crippen molar-refractivity contribution in [2.75, 3.05) is 18.2 Å². The average molecular weight is 783 g/mol. The summed E-state index contributed by atoms with van der Waals surface area (Å²) >= 11 is 0. The SMILES string of the molecule is COC(=O)Nc1c(C)nc(-c2nn(Cc3ccccc3F)c3ncccc23)nc1N.Cc1nc(-c2nn(Cc3ccccc3F)c3ncccc23)nc2[nH]c(=O)[nH]c12. The van der Waals surface area contributed by atoms with E-state index >= 15 is 0 Å². The van der Waals surface area contributed by atoms with Crippen molar-refractivity contribution in [3.63, 3.8) is 0 Å². The van der Waals surface area contributed by atoms with Gasteiger partial charge < -0.3 is 15.5 Å². The molecule has 0 bridgehead atoms. The van der Waals surface area contributed by atoms with Gasteiger partial charge >= 0.3 is 11.8 Å². The van der Waals surface area contributed by atoms with Gasteiger partial charge in [0.05, 0.1) is 42.4 Å². The first-order valence-corrected chi connectivity index (χ1v) is 17.6. The number of aromatic amines is 2. The average Bonchev–Trinajstić information content (AvgIpc) is 3.91. The summed E-state index contributed by atoms with van der Waals surface area (Å²) < 4.78 is 36.1. The van der Waals surface area contributed by atoms with Crippen LogP contribution in [0.2, 0.25) is 0 Å². The van der Waals surface area contributed by atoms with E-state index in [9.17, 15) is 18.4 Å². The van der Waals surface area contributed by atoms with Crippen molar-refractivity contribution in [2.24, 2.45) is 0 Å². The number of nitrogens with one attached hydrogen (secondary N) is 3. The van der Waals surface area contributed by atoms with E-state index in [0.717, 1.165) is 5.39 Å². The van der Waals surface area contributed by atoms with Crippen LogP contribution in [0.15, 0.2) is 90.0 Å². The van der Waals surface area contributed by atoms with E-state index in [4.69, 9.17) is 5.73 Å². The van der Waals surface area contributed by atoms with Gasteiger partial charge in [-0.2, -0.15) is 10.2 Å². The van der Waals surface area contributed by atoms with Crippen LogP contribution in [0, 0.1) is 25.5 Å². The van der Waals surface area contributed by atoms with Crippen molar-refractivity contribution in [1.82, 2.24) is 59.4 Å². The highest BCUT2D eigenvalue weighted by atomic mass is 19.1. The second-order valence-corrected chi connectivity index (χ2v) is 12.9. The number of hydrogen-bond acceptors (Lipinski definition) is 12. The normalized spacial score (nSPS) is 11.2. The lowest BCUT2D eigenvalue weighted by Crippen LogP contribution is -2.15. The Hall–Kier alpha value is -7.96. The van der Waals surface area contributed by atoms with Crippen molar-refractivity contribution >= 4 is 50.8 Å². The number of carbonyl (C=O) groups is 1. The summed E-state index contributed by atoms with van der Waals surface area (Å²) in [6.07, 6.45) is 2.62. The van der Waals surface area contributed by atoms with E-state index in [1.54, 1.807) is 84.1 Å². The van der Waals surface area contributed by atoms with Crippen molar-refractivity contribution in [3.8, 4) is 23.0 Å². The van der Waals surface area contributed by atoms with Crippen LogP contribution in [-0.2, 0) is 17.8 Å². The molecule has 9 aromatic rings. The van der Waals surface area contributed by atoms with Crippen LogP contribution in [0.3, 0.4) is 0 Å². The number of nitrogens with two attached hydrogens (primary N) is 1. The molecule has 19 heteroatoms. The van der Waals surface area contributed by atoms with E-state index < -0.39 is 6.09 Å². The lowest BCUT2D eigenvalue weighted by atomic mass is 10.2. The molecule has 0 spiro atoms. The smallest absolute Gasteiger partial charge is 0.411 e. The van der Waals surface area contributed by atoms with Crippen LogP contribution < -0.4 is 16.7 Å². The zero-order chi connectivity index (χ0) is 40.5. The molecule has 0 saturated heterocycles. The summed E-state index contributed by atoms with van der Waals surface area (Å²) in [6, 6.07) is 20.3. The van der Waals surface area contributed by atoms with Crippen LogP contribution in [0.4, 0.5) is 25.1 Å². The van der Waals surface area contributed by atoms with Gasteiger partial charge in [0, 0.05) is 23.5 Å². The highest BCUT2D eigenvalue weighted by molar-refractivity contribution is 5.92. The van der Waals surface area contributed by atoms with Gasteiger partial charge in [-0.25, -0.2) is 57.6 Å². The van der Waals surface area contributed by atoms with E-state index in [0.29, 0.717) is 67.6 Å². The maximum absolute atomic E-state index is 14.1. The zero-order valence-corrected chi connectivity index (χ0v) is 31.0. The topological polar surface area (TPSA) is 226 Å². The number of aryl methyl sites for hydroxylation is 2. The van der Waals surface area contributed by atoms with Gasteiger partial charge in [-0.05, 0) is 50.2 Å². The molecule has 7 aromatic heterocycles. The number of benzene rings is 2. The van der Waals surface area contributed by atoms with Crippen LogP contribution in [0.1, 0.15) is 22.5 Å². The summed E-state index contributed by atoms with van der Waals surface area (Å²) in [6.45, 7) is 3.89. The molecule has 58 heavy (non-hydrogen) atoms. The van der Waals surface area contributed by atoms with Crippen molar-refractivity contribution < 1.29 is 18.3 Å². The molecule has 5 N–H and O–H groups in total. The Morgan fingerprint density at radius 3 is 1.81 bits per heavy atom. The summed E-state index contributed by atoms with van der Waals surface area (Å²) in [7, 11) is 1.25. The zero-order valence-electron chi connectivity index (χ0n) is 31.0. The molecular formula is C39H32F2N14O3. The Labute approximate surface area is 326 Å². The van der Waals surface area contributed by atoms with Crippen molar-refractivity contribution in [1.29, 1.82) is 0 Å². The number of halogens is 2. The standard InChI is InChI=1S/C20H18FN7O2.C19H14FN7O/c1-11-15(25-20(29)30-2)17(22)26-18(24-11)16-13-7-5-9-23-19(13)28(27-16)10-12-6-3-4-8-14(12)21;1-10-14-16(25-19(28)23-14)24-17(22-10)15-12-6-4-8-21-18(12)27(26-15)9-11-5-2-3-7-13(11)20/h3-9H,10H2,1-2H3,(H,25,29)(H2,22,24,26);2-8H,9H2,1H3,(H2,22,23,24,25,28). The third-order valence-electron chi connectivity index (χ3n) is 9.08. The molecule has 0 aliphatic rings. The van der Waals surface area contributed by atoms with Crippen molar-refractivity contribution in [2.45, 2.75) is 26.9 Å². The van der Waals surface area contributed by atoms with Gasteiger partial charge in [0.25, 0.3) is 0 Å². The van der Waals surface area contributed by atoms with Crippen LogP contribution in [-0.4, -0.2) is 72.6 Å². The number of amides is 1. The van der Waals surface area contributed by atoms with Gasteiger partial charge in [0.15, 0.2) is 34.4 Å². The van der Waals surface area contributed by atoms with E-state index in [2.05, 4.69) is 60.1 Å². The molecule has 0 fully saturated rings. The summed E-state index contributed by atoms with van der Waals surface area (Å²) in [5.74, 6) is 0.0788. The Bertz CT molecular complexity index is 3040. The number of anilines is 2. The Balaban J connectivity index is 0.000000162. The van der Waals surface area contributed by atoms with Gasteiger partial charge in [-0.15, -0.1) is 0 Å². The monoisotopic (exact) mass is 782 g/mol. The molecule has 17 nitrogen and oxygen atoms in total. The molecule has 290 valence electrons. The van der Waals surface area contributed by atoms with Crippen LogP contribution >= 0.6 is 0 Å². The number of carbonyl (C=O) groups excluding carboxylic acids is 1. The number of hydrogen-bond donors (Lipinski definition) is 4. The fourth-order valence-corrected chi connectivity index (χ4v) is 6.33. The van der Waals surface area contributed by atoms with Crippen molar-refractivity contribution in [3.05, 3.63) is 130 Å². The summed E-state index contributed by atoms with van der Waals surface area (Å²) in [5, 5.41) is 13.1. The van der Waals surface area contributed by atoms with Gasteiger partial charge in [-0.3, -0.25) is 10.3 Å². The summed E-state index contributed by atoms with van der Waals surface area (Å²) in [4.78, 5) is 54.9. The predicted octanol–water partition coefficient (Wildman–Crippen LogP) is 5.70. The summed E-state index contributed by atoms with van der Waals surface area (Å²) in [5.41, 5.74) is 11.1. The second-order valence-electron chi connectivity index (χ2n) is 12.9. The van der Waals surface area contributed by atoms with E-state index in [1.807, 2.05) is 12.1 Å². The third kappa shape index (κ3) is 7.14. The van der Waals surface area contributed by atoms with Gasteiger partial charge in [-0.1, -0.05) is 36.4 Å². The van der Waals surface area contributed by atoms with E-state index in [1.165, 1.54) is 19.2 Å². The largest absolute Gasteiger partial charge is 0.453 e. The quantitative estimate of drug-likeness (QED) is 0.153. The number of nitrogens with zero attached hydrogens (tertiary/aromatic N) is 10. The minimum Gasteiger partial charge on any atom is -0.453 e. The number of methoxy groups -OCH3 is 1. The van der Waals surface area contributed by atoms with Gasteiger partial charge in [0.2, 0.25) is 0 Å². The van der Waals surface area contributed by atoms with E-state index in [-0.39, 0.29) is 47.7 Å². The van der Waals surface area contributed by atoms with Gasteiger partial charge in [0.1, 0.15) is 34.2 Å². The minimum atomic E-state index is -0.676. The number of nitrogen functional groups attached to an aromatic ring is 1. The first-order chi connectivity index (χ1) is 28.1. The molecule has 0 aliphatic heterocycles. The minimum absolute atomic E-state index is 0.0728. The molecule has 0 radical (unpaired) electrons. The molecule has 9 rings (SSSR count). The number of fused-ring (bicyclic) bond motifs is 3. The highest BCUT2D eigenvalue weighted by Gasteiger charge is 2.21. The highest BCUT2D eigenvalue weighted by Crippen LogP contribution is 2.30. The number of ether oxygens (including phenoxy) is 1. The second kappa shape index (κ2) is 15.3. The number of rotatable bonds is 7.